The Kier molecular flexibility index (Phi) is 8.40. The molecule has 0 spiro atoms. The smallest absolute Gasteiger partial charge is 0.301 e. The molecule has 13 heteroatoms. The Morgan fingerprint density at radius 1 is 1.05 bits per heavy atom. The summed E-state index contributed by atoms with van der Waals surface area (Å²) in [6, 6.07) is 14.9. The molecule has 3 heterocycles. The highest BCUT2D eigenvalue weighted by molar-refractivity contribution is 8.00. The molecule has 1 atom stereocenters. The van der Waals surface area contributed by atoms with Gasteiger partial charge in [-0.1, -0.05) is 41.3 Å². The first-order chi connectivity index (χ1) is 21.4. The van der Waals surface area contributed by atoms with Gasteiger partial charge in [-0.2, -0.15) is 0 Å². The van der Waals surface area contributed by atoms with Gasteiger partial charge in [0.2, 0.25) is 5.13 Å². The first kappa shape index (κ1) is 29.5. The number of benzene rings is 3. The molecule has 1 amide bonds. The second kappa shape index (κ2) is 12.5. The fraction of sp³-hybridized carbons (Fsp3) is 0.226. The van der Waals surface area contributed by atoms with Crippen molar-refractivity contribution in [3.63, 3.8) is 0 Å². The fourth-order valence-electron chi connectivity index (χ4n) is 4.90. The van der Waals surface area contributed by atoms with Gasteiger partial charge in [-0.3, -0.25) is 14.5 Å². The summed E-state index contributed by atoms with van der Waals surface area (Å²) in [6.45, 7) is 2.99. The van der Waals surface area contributed by atoms with E-state index in [-0.39, 0.29) is 27.8 Å². The molecule has 0 aliphatic carbocycles. The largest absolute Gasteiger partial charge is 0.507 e. The van der Waals surface area contributed by atoms with Crippen LogP contribution in [-0.4, -0.2) is 53.9 Å². The summed E-state index contributed by atoms with van der Waals surface area (Å²) in [7, 11) is 1.49. The Morgan fingerprint density at radius 3 is 2.57 bits per heavy atom. The van der Waals surface area contributed by atoms with Crippen molar-refractivity contribution in [2.24, 2.45) is 0 Å². The lowest BCUT2D eigenvalue weighted by atomic mass is 9.95. The van der Waals surface area contributed by atoms with Crippen molar-refractivity contribution >= 4 is 45.7 Å². The number of nitrogens with zero attached hydrogens (tertiary/aromatic N) is 3. The maximum absolute atomic E-state index is 13.6. The molecular weight excluding hydrogens is 609 g/mol. The van der Waals surface area contributed by atoms with Crippen LogP contribution in [0.25, 0.3) is 5.76 Å². The van der Waals surface area contributed by atoms with Gasteiger partial charge in [0.1, 0.15) is 24.8 Å². The number of aliphatic hydroxyl groups is 1. The second-order valence-corrected chi connectivity index (χ2v) is 11.8. The summed E-state index contributed by atoms with van der Waals surface area (Å²) in [6.07, 6.45) is 0. The third-order valence-electron chi connectivity index (χ3n) is 6.94. The topological polar surface area (TPSA) is 120 Å². The monoisotopic (exact) mass is 635 g/mol. The molecule has 0 saturated carbocycles. The third-order valence-corrected chi connectivity index (χ3v) is 9.07. The van der Waals surface area contributed by atoms with E-state index in [1.54, 1.807) is 48.5 Å². The lowest BCUT2D eigenvalue weighted by molar-refractivity contribution is -0.132. The summed E-state index contributed by atoms with van der Waals surface area (Å²) in [5.74, 6) is -0.150. The highest BCUT2D eigenvalue weighted by Gasteiger charge is 2.48. The number of rotatable bonds is 9. The number of hydrogen-bond donors (Lipinski definition) is 1. The molecule has 10 nitrogen and oxygen atoms in total. The summed E-state index contributed by atoms with van der Waals surface area (Å²) < 4.78 is 36.3. The van der Waals surface area contributed by atoms with E-state index in [4.69, 9.17) is 18.9 Å². The number of carbonyl (C=O) groups excluding carboxylic acids is 2. The van der Waals surface area contributed by atoms with E-state index in [9.17, 15) is 19.1 Å². The zero-order chi connectivity index (χ0) is 30.8. The lowest BCUT2D eigenvalue weighted by Gasteiger charge is -2.24. The Morgan fingerprint density at radius 2 is 1.82 bits per heavy atom. The molecule has 2 aliphatic heterocycles. The fourth-order valence-corrected chi connectivity index (χ4v) is 6.73. The summed E-state index contributed by atoms with van der Waals surface area (Å²) >= 11 is 2.49. The number of aliphatic hydroxyl groups excluding tert-OH is 1. The van der Waals surface area contributed by atoms with Gasteiger partial charge in [-0.05, 0) is 60.5 Å². The zero-order valence-corrected chi connectivity index (χ0v) is 25.2. The van der Waals surface area contributed by atoms with Crippen LogP contribution in [-0.2, 0) is 15.3 Å². The molecule has 1 N–H and O–H groups in total. The quantitative estimate of drug-likeness (QED) is 0.0798. The minimum absolute atomic E-state index is 0.131. The summed E-state index contributed by atoms with van der Waals surface area (Å²) in [5.41, 5.74) is 1.52. The second-order valence-electron chi connectivity index (χ2n) is 9.64. The molecule has 0 radical (unpaired) electrons. The number of methoxy groups -OCH3 is 1. The van der Waals surface area contributed by atoms with Gasteiger partial charge < -0.3 is 24.1 Å². The van der Waals surface area contributed by atoms with Crippen LogP contribution in [0.5, 0.6) is 23.0 Å². The summed E-state index contributed by atoms with van der Waals surface area (Å²) in [4.78, 5) is 28.5. The van der Waals surface area contributed by atoms with Crippen LogP contribution in [0.15, 0.2) is 70.6 Å². The van der Waals surface area contributed by atoms with Crippen LogP contribution in [0.4, 0.5) is 9.52 Å². The van der Waals surface area contributed by atoms with E-state index in [1.165, 1.54) is 35.9 Å². The van der Waals surface area contributed by atoms with E-state index in [1.807, 2.05) is 6.92 Å². The van der Waals surface area contributed by atoms with Crippen LogP contribution >= 0.6 is 23.1 Å². The number of hydrogen-bond acceptors (Lipinski definition) is 11. The number of ketones is 1. The van der Waals surface area contributed by atoms with Crippen molar-refractivity contribution in [1.82, 2.24) is 10.2 Å². The van der Waals surface area contributed by atoms with E-state index < -0.39 is 17.7 Å². The maximum Gasteiger partial charge on any atom is 0.301 e. The van der Waals surface area contributed by atoms with Crippen molar-refractivity contribution in [3.8, 4) is 23.0 Å². The van der Waals surface area contributed by atoms with Crippen molar-refractivity contribution < 1.29 is 38.0 Å². The van der Waals surface area contributed by atoms with Gasteiger partial charge in [0, 0.05) is 11.3 Å². The van der Waals surface area contributed by atoms with Crippen LogP contribution in [0.1, 0.15) is 29.7 Å². The highest BCUT2D eigenvalue weighted by atomic mass is 32.2. The number of aromatic nitrogens is 2. The standard InChI is InChI=1S/C31H26FN3O7S2/c1-3-40-21-10-6-18(14-23(21)39-2)26-25(27(36)19-7-11-22-24(15-19)42-13-12-41-22)28(37)29(38)35(26)30-33-34-31(44-30)43-16-17-4-8-20(32)9-5-17/h4-11,14-15,26,36H,3,12-13,16H2,1-2H3/b27-25+. The molecule has 226 valence electrons. The molecule has 1 aromatic heterocycles. The Bertz CT molecular complexity index is 1760. The Balaban J connectivity index is 1.41. The summed E-state index contributed by atoms with van der Waals surface area (Å²) in [5, 5.41) is 20.2. The molecular formula is C31H26FN3O7S2. The number of carbonyl (C=O) groups is 2. The number of Topliss-reactive ketones (excluding diaryl/α,β-unsaturated/α-hetero) is 1. The van der Waals surface area contributed by atoms with Crippen LogP contribution in [0.2, 0.25) is 0 Å². The average molecular weight is 636 g/mol. The van der Waals surface area contributed by atoms with Crippen molar-refractivity contribution in [3.05, 3.63) is 88.7 Å². The van der Waals surface area contributed by atoms with Crippen molar-refractivity contribution in [2.75, 3.05) is 31.8 Å². The number of thioether (sulfide) groups is 1. The van der Waals surface area contributed by atoms with E-state index >= 15 is 0 Å². The minimum Gasteiger partial charge on any atom is -0.507 e. The van der Waals surface area contributed by atoms with Gasteiger partial charge >= 0.3 is 5.91 Å². The molecule has 1 unspecified atom stereocenters. The van der Waals surface area contributed by atoms with Crippen molar-refractivity contribution in [2.45, 2.75) is 23.1 Å². The highest BCUT2D eigenvalue weighted by Crippen LogP contribution is 2.46. The van der Waals surface area contributed by atoms with Gasteiger partial charge in [-0.25, -0.2) is 4.39 Å². The average Bonchev–Trinajstić information content (AvgIpc) is 3.62. The predicted octanol–water partition coefficient (Wildman–Crippen LogP) is 5.77. The first-order valence-electron chi connectivity index (χ1n) is 13.6. The van der Waals surface area contributed by atoms with Gasteiger partial charge in [0.25, 0.3) is 5.78 Å². The van der Waals surface area contributed by atoms with Crippen molar-refractivity contribution in [1.29, 1.82) is 0 Å². The lowest BCUT2D eigenvalue weighted by Crippen LogP contribution is -2.29. The Labute approximate surface area is 260 Å². The SMILES string of the molecule is CCOc1ccc(C2/C(=C(\O)c3ccc4c(c3)OCCO4)C(=O)C(=O)N2c2nnc(SCc3ccc(F)cc3)s2)cc1OC. The molecule has 0 bridgehead atoms. The number of amides is 1. The third kappa shape index (κ3) is 5.67. The molecule has 4 aromatic rings. The van der Waals surface area contributed by atoms with Gasteiger partial charge in [0.15, 0.2) is 27.3 Å². The minimum atomic E-state index is -1.06. The van der Waals surface area contributed by atoms with Crippen LogP contribution in [0.3, 0.4) is 0 Å². The molecule has 3 aromatic carbocycles. The molecule has 2 aliphatic rings. The van der Waals surface area contributed by atoms with Crippen LogP contribution < -0.4 is 23.8 Å². The normalized spacial score (nSPS) is 17.2. The number of anilines is 1. The van der Waals surface area contributed by atoms with E-state index in [2.05, 4.69) is 10.2 Å². The first-order valence-corrected chi connectivity index (χ1v) is 15.4. The number of fused-ring (bicyclic) bond motifs is 1. The van der Waals surface area contributed by atoms with Crippen LogP contribution in [0, 0.1) is 5.82 Å². The molecule has 6 rings (SSSR count). The van der Waals surface area contributed by atoms with E-state index in [0.717, 1.165) is 16.9 Å². The number of halogens is 1. The van der Waals surface area contributed by atoms with Gasteiger partial charge in [0.05, 0.1) is 25.3 Å². The predicted molar refractivity (Wildman–Crippen MR) is 162 cm³/mol. The van der Waals surface area contributed by atoms with Gasteiger partial charge in [-0.15, -0.1) is 10.2 Å². The maximum atomic E-state index is 13.6. The molecule has 1 fully saturated rings. The zero-order valence-electron chi connectivity index (χ0n) is 23.6. The van der Waals surface area contributed by atoms with E-state index in [0.29, 0.717) is 58.5 Å². The molecule has 44 heavy (non-hydrogen) atoms. The number of ether oxygens (including phenoxy) is 4. The molecule has 1 saturated heterocycles. The Hall–Kier alpha value is -4.62.